The minimum absolute atomic E-state index is 0.0236. The van der Waals surface area contributed by atoms with E-state index in [1.165, 1.54) is 11.9 Å². The molecule has 0 aliphatic carbocycles. The lowest BCUT2D eigenvalue weighted by atomic mass is 10.0. The van der Waals surface area contributed by atoms with Crippen molar-refractivity contribution in [3.8, 4) is 11.3 Å². The van der Waals surface area contributed by atoms with E-state index in [2.05, 4.69) is 48.1 Å². The Hall–Kier alpha value is -1.90. The summed E-state index contributed by atoms with van der Waals surface area (Å²) >= 11 is 0. The van der Waals surface area contributed by atoms with Crippen molar-refractivity contribution >= 4 is 0 Å². The molecule has 0 radical (unpaired) electrons. The quantitative estimate of drug-likeness (QED) is 0.891. The van der Waals surface area contributed by atoms with Crippen LogP contribution in [0.4, 0.5) is 0 Å². The van der Waals surface area contributed by atoms with Gasteiger partial charge in [-0.15, -0.1) is 0 Å². The molecule has 3 nitrogen and oxygen atoms in total. The smallest absolute Gasteiger partial charge is 0.254 e. The fourth-order valence-corrected chi connectivity index (χ4v) is 2.28. The molecule has 0 bridgehead atoms. The van der Waals surface area contributed by atoms with Crippen molar-refractivity contribution in [1.29, 1.82) is 0 Å². The van der Waals surface area contributed by atoms with Gasteiger partial charge in [0.2, 0.25) is 0 Å². The third kappa shape index (κ3) is 3.11. The van der Waals surface area contributed by atoms with Crippen LogP contribution in [0.15, 0.2) is 35.4 Å². The number of hydrogen-bond acceptors (Lipinski definition) is 2. The van der Waals surface area contributed by atoms with Gasteiger partial charge in [-0.2, -0.15) is 0 Å². The third-order valence-electron chi connectivity index (χ3n) is 3.22. The first-order valence-corrected chi connectivity index (χ1v) is 6.92. The summed E-state index contributed by atoms with van der Waals surface area (Å²) in [7, 11) is 0. The van der Waals surface area contributed by atoms with Crippen molar-refractivity contribution in [1.82, 2.24) is 9.97 Å². The minimum Gasteiger partial charge on any atom is -0.313 e. The first-order valence-electron chi connectivity index (χ1n) is 6.92. The van der Waals surface area contributed by atoms with Crippen LogP contribution in [0.2, 0.25) is 0 Å². The van der Waals surface area contributed by atoms with Crippen LogP contribution in [0.25, 0.3) is 11.3 Å². The van der Waals surface area contributed by atoms with Crippen LogP contribution in [-0.2, 0) is 12.8 Å². The number of aromatic nitrogens is 2. The Kier molecular flexibility index (Phi) is 4.50. The van der Waals surface area contributed by atoms with E-state index in [1.54, 1.807) is 0 Å². The fourth-order valence-electron chi connectivity index (χ4n) is 2.28. The van der Waals surface area contributed by atoms with Crippen molar-refractivity contribution in [2.24, 2.45) is 0 Å². The monoisotopic (exact) mass is 256 g/mol. The molecular formula is C16H20N2O. The van der Waals surface area contributed by atoms with E-state index in [9.17, 15) is 4.79 Å². The van der Waals surface area contributed by atoms with E-state index in [-0.39, 0.29) is 5.56 Å². The molecular weight excluding hydrogens is 236 g/mol. The normalized spacial score (nSPS) is 10.6. The van der Waals surface area contributed by atoms with Crippen molar-refractivity contribution in [3.63, 3.8) is 0 Å². The number of benzene rings is 1. The van der Waals surface area contributed by atoms with Crippen LogP contribution in [0.1, 0.15) is 37.8 Å². The molecule has 0 fully saturated rings. The lowest BCUT2D eigenvalue weighted by molar-refractivity contribution is 0.888. The van der Waals surface area contributed by atoms with Crippen molar-refractivity contribution in [2.75, 3.05) is 0 Å². The summed E-state index contributed by atoms with van der Waals surface area (Å²) in [5.74, 6) is 0. The summed E-state index contributed by atoms with van der Waals surface area (Å²) in [5.41, 5.74) is 3.92. The van der Waals surface area contributed by atoms with Crippen LogP contribution >= 0.6 is 0 Å². The van der Waals surface area contributed by atoms with Gasteiger partial charge in [-0.1, -0.05) is 51.0 Å². The zero-order valence-electron chi connectivity index (χ0n) is 11.6. The Morgan fingerprint density at radius 2 is 1.74 bits per heavy atom. The van der Waals surface area contributed by atoms with E-state index >= 15 is 0 Å². The van der Waals surface area contributed by atoms with Crippen molar-refractivity contribution < 1.29 is 0 Å². The zero-order valence-corrected chi connectivity index (χ0v) is 11.6. The van der Waals surface area contributed by atoms with Gasteiger partial charge in [0.15, 0.2) is 0 Å². The molecule has 19 heavy (non-hydrogen) atoms. The van der Waals surface area contributed by atoms with E-state index in [1.807, 2.05) is 0 Å². The number of nitrogens with zero attached hydrogens (tertiary/aromatic N) is 1. The zero-order chi connectivity index (χ0) is 13.7. The largest absolute Gasteiger partial charge is 0.313 e. The van der Waals surface area contributed by atoms with Gasteiger partial charge < -0.3 is 4.98 Å². The van der Waals surface area contributed by atoms with Gasteiger partial charge in [0.05, 0.1) is 12.0 Å². The molecule has 0 amide bonds. The third-order valence-corrected chi connectivity index (χ3v) is 3.22. The van der Waals surface area contributed by atoms with Crippen LogP contribution in [0.5, 0.6) is 0 Å². The SMILES string of the molecule is CCCc1ccc(-c2nc[nH]c(=O)c2CCC)cc1. The number of aromatic amines is 1. The first kappa shape index (κ1) is 13.5. The topological polar surface area (TPSA) is 45.8 Å². The highest BCUT2D eigenvalue weighted by Gasteiger charge is 2.09. The highest BCUT2D eigenvalue weighted by atomic mass is 16.1. The lowest BCUT2D eigenvalue weighted by Gasteiger charge is -2.07. The average molecular weight is 256 g/mol. The molecule has 0 unspecified atom stereocenters. The van der Waals surface area contributed by atoms with Crippen LogP contribution in [0.3, 0.4) is 0 Å². The second-order valence-corrected chi connectivity index (χ2v) is 4.76. The second kappa shape index (κ2) is 6.32. The first-order chi connectivity index (χ1) is 9.26. The lowest BCUT2D eigenvalue weighted by Crippen LogP contribution is -2.14. The van der Waals surface area contributed by atoms with Gasteiger partial charge in [0, 0.05) is 11.1 Å². The van der Waals surface area contributed by atoms with Crippen LogP contribution < -0.4 is 5.56 Å². The number of rotatable bonds is 5. The summed E-state index contributed by atoms with van der Waals surface area (Å²) in [6.07, 6.45) is 5.41. The summed E-state index contributed by atoms with van der Waals surface area (Å²) in [6, 6.07) is 8.37. The Bertz CT molecular complexity index is 584. The maximum Gasteiger partial charge on any atom is 0.254 e. The molecule has 0 aliphatic rings. The average Bonchev–Trinajstić information content (AvgIpc) is 2.43. The molecule has 1 N–H and O–H groups in total. The number of H-pyrrole nitrogens is 1. The molecule has 0 aliphatic heterocycles. The second-order valence-electron chi connectivity index (χ2n) is 4.76. The van der Waals surface area contributed by atoms with Gasteiger partial charge in [0.25, 0.3) is 5.56 Å². The summed E-state index contributed by atoms with van der Waals surface area (Å²) in [5, 5.41) is 0. The molecule has 2 rings (SSSR count). The summed E-state index contributed by atoms with van der Waals surface area (Å²) in [6.45, 7) is 4.24. The van der Waals surface area contributed by atoms with Gasteiger partial charge in [-0.05, 0) is 18.4 Å². The number of aryl methyl sites for hydroxylation is 1. The molecule has 3 heteroatoms. The van der Waals surface area contributed by atoms with Gasteiger partial charge in [-0.25, -0.2) is 4.98 Å². The predicted octanol–water partition coefficient (Wildman–Crippen LogP) is 3.34. The molecule has 0 atom stereocenters. The van der Waals surface area contributed by atoms with Gasteiger partial charge in [0.1, 0.15) is 0 Å². The summed E-state index contributed by atoms with van der Waals surface area (Å²) < 4.78 is 0. The van der Waals surface area contributed by atoms with Crippen molar-refractivity contribution in [2.45, 2.75) is 39.5 Å². The van der Waals surface area contributed by atoms with Crippen LogP contribution in [-0.4, -0.2) is 9.97 Å². The maximum absolute atomic E-state index is 11.9. The fraction of sp³-hybridized carbons (Fsp3) is 0.375. The Labute approximate surface area is 113 Å². The molecule has 0 spiro atoms. The van der Waals surface area contributed by atoms with Gasteiger partial charge in [-0.3, -0.25) is 4.79 Å². The Balaban J connectivity index is 2.40. The van der Waals surface area contributed by atoms with E-state index in [0.29, 0.717) is 0 Å². The molecule has 0 saturated heterocycles. The molecule has 1 aromatic carbocycles. The molecule has 0 saturated carbocycles. The number of hydrogen-bond donors (Lipinski definition) is 1. The summed E-state index contributed by atoms with van der Waals surface area (Å²) in [4.78, 5) is 18.9. The molecule has 100 valence electrons. The van der Waals surface area contributed by atoms with Crippen molar-refractivity contribution in [3.05, 3.63) is 52.1 Å². The highest BCUT2D eigenvalue weighted by molar-refractivity contribution is 5.62. The van der Waals surface area contributed by atoms with Crippen LogP contribution in [0, 0.1) is 0 Å². The maximum atomic E-state index is 11.9. The molecule has 2 aromatic rings. The van der Waals surface area contributed by atoms with E-state index in [0.717, 1.165) is 42.5 Å². The number of nitrogens with one attached hydrogen (secondary N) is 1. The van der Waals surface area contributed by atoms with Gasteiger partial charge >= 0.3 is 0 Å². The molecule has 1 heterocycles. The Morgan fingerprint density at radius 1 is 1.05 bits per heavy atom. The van der Waals surface area contributed by atoms with E-state index in [4.69, 9.17) is 0 Å². The minimum atomic E-state index is -0.0236. The standard InChI is InChI=1S/C16H20N2O/c1-3-5-12-7-9-13(10-8-12)15-14(6-4-2)16(19)18-11-17-15/h7-11H,3-6H2,1-2H3,(H,17,18,19). The Morgan fingerprint density at radius 3 is 2.37 bits per heavy atom. The molecule has 1 aromatic heterocycles. The highest BCUT2D eigenvalue weighted by Crippen LogP contribution is 2.20. The predicted molar refractivity (Wildman–Crippen MR) is 78.3 cm³/mol. The van der Waals surface area contributed by atoms with E-state index < -0.39 is 0 Å².